The number of ether oxygens (including phenoxy) is 1. The van der Waals surface area contributed by atoms with E-state index < -0.39 is 0 Å². The molecule has 0 spiro atoms. The number of nitrogens with one attached hydrogen (secondary N) is 1. The first-order valence-electron chi connectivity index (χ1n) is 6.23. The number of carbonyl (C=O) groups is 1. The van der Waals surface area contributed by atoms with Crippen LogP contribution in [0.1, 0.15) is 46.5 Å². The van der Waals surface area contributed by atoms with Crippen LogP contribution in [-0.2, 0) is 9.53 Å². The van der Waals surface area contributed by atoms with E-state index in [1.807, 2.05) is 13.8 Å². The van der Waals surface area contributed by atoms with E-state index in [1.54, 1.807) is 0 Å². The maximum atomic E-state index is 11.6. The van der Waals surface area contributed by atoms with Gasteiger partial charge < -0.3 is 15.8 Å². The van der Waals surface area contributed by atoms with Gasteiger partial charge in [-0.1, -0.05) is 27.2 Å². The highest BCUT2D eigenvalue weighted by Gasteiger charge is 2.25. The second-order valence-corrected chi connectivity index (χ2v) is 4.15. The lowest BCUT2D eigenvalue weighted by Crippen LogP contribution is -2.53. The van der Waals surface area contributed by atoms with Crippen molar-refractivity contribution in [1.29, 1.82) is 0 Å². The van der Waals surface area contributed by atoms with Crippen molar-refractivity contribution in [2.45, 2.75) is 52.0 Å². The summed E-state index contributed by atoms with van der Waals surface area (Å²) in [6.07, 6.45) is 3.77. The Labute approximate surface area is 111 Å². The number of carbonyl (C=O) groups excluding carboxylic acids is 1. The minimum absolute atomic E-state index is 0. The standard InChI is InChI=1S/C12H26N2O2.ClH/c1-4-7-8-16-9-11(15)14-12(5-2,6-3)10-13;/h4-10,13H2,1-3H3,(H,14,15);1H. The Bertz CT molecular complexity index is 189. The molecular weight excluding hydrogens is 240 g/mol. The Morgan fingerprint density at radius 1 is 1.29 bits per heavy atom. The molecule has 104 valence electrons. The smallest absolute Gasteiger partial charge is 0.246 e. The number of amides is 1. The fraction of sp³-hybridized carbons (Fsp3) is 0.917. The Balaban J connectivity index is 0. The normalized spacial score (nSPS) is 10.8. The largest absolute Gasteiger partial charge is 0.372 e. The zero-order valence-corrected chi connectivity index (χ0v) is 12.1. The first-order valence-corrected chi connectivity index (χ1v) is 6.23. The summed E-state index contributed by atoms with van der Waals surface area (Å²) in [6.45, 7) is 7.43. The molecule has 17 heavy (non-hydrogen) atoms. The molecule has 0 heterocycles. The van der Waals surface area contributed by atoms with Crippen molar-refractivity contribution in [3.8, 4) is 0 Å². The molecule has 0 aromatic heterocycles. The SMILES string of the molecule is CCCCOCC(=O)NC(CC)(CC)CN.Cl. The second kappa shape index (κ2) is 10.8. The van der Waals surface area contributed by atoms with Gasteiger partial charge in [-0.25, -0.2) is 0 Å². The van der Waals surface area contributed by atoms with Gasteiger partial charge in [-0.05, 0) is 19.3 Å². The summed E-state index contributed by atoms with van der Waals surface area (Å²) in [6, 6.07) is 0. The summed E-state index contributed by atoms with van der Waals surface area (Å²) >= 11 is 0. The summed E-state index contributed by atoms with van der Waals surface area (Å²) < 4.78 is 5.26. The predicted molar refractivity (Wildman–Crippen MR) is 73.5 cm³/mol. The van der Waals surface area contributed by atoms with Gasteiger partial charge in [0.1, 0.15) is 6.61 Å². The number of unbranched alkanes of at least 4 members (excludes halogenated alkanes) is 1. The summed E-state index contributed by atoms with van der Waals surface area (Å²) in [5.74, 6) is -0.0646. The lowest BCUT2D eigenvalue weighted by Gasteiger charge is -2.31. The van der Waals surface area contributed by atoms with Crippen molar-refractivity contribution >= 4 is 18.3 Å². The number of hydrogen-bond donors (Lipinski definition) is 2. The van der Waals surface area contributed by atoms with E-state index in [0.29, 0.717) is 13.2 Å². The molecule has 0 atom stereocenters. The fourth-order valence-corrected chi connectivity index (χ4v) is 1.51. The highest BCUT2D eigenvalue weighted by molar-refractivity contribution is 5.85. The molecule has 0 bridgehead atoms. The van der Waals surface area contributed by atoms with Gasteiger partial charge in [0.05, 0.1) is 5.54 Å². The summed E-state index contributed by atoms with van der Waals surface area (Å²) in [5.41, 5.74) is 5.44. The summed E-state index contributed by atoms with van der Waals surface area (Å²) in [4.78, 5) is 11.6. The van der Waals surface area contributed by atoms with Crippen LogP contribution < -0.4 is 11.1 Å². The number of halogens is 1. The van der Waals surface area contributed by atoms with Gasteiger partial charge in [0.2, 0.25) is 5.91 Å². The molecule has 0 rings (SSSR count). The molecule has 1 amide bonds. The minimum Gasteiger partial charge on any atom is -0.372 e. The second-order valence-electron chi connectivity index (χ2n) is 4.15. The van der Waals surface area contributed by atoms with Gasteiger partial charge in [0.25, 0.3) is 0 Å². The van der Waals surface area contributed by atoms with Crippen molar-refractivity contribution in [3.05, 3.63) is 0 Å². The van der Waals surface area contributed by atoms with Gasteiger partial charge in [-0.3, -0.25) is 4.79 Å². The molecule has 0 aliphatic rings. The lowest BCUT2D eigenvalue weighted by molar-refractivity contribution is -0.127. The van der Waals surface area contributed by atoms with E-state index in [4.69, 9.17) is 10.5 Å². The molecule has 0 unspecified atom stereocenters. The van der Waals surface area contributed by atoms with Crippen LogP contribution >= 0.6 is 12.4 Å². The van der Waals surface area contributed by atoms with Gasteiger partial charge in [-0.2, -0.15) is 0 Å². The average molecular weight is 267 g/mol. The van der Waals surface area contributed by atoms with Crippen LogP contribution in [0, 0.1) is 0 Å². The molecule has 0 fully saturated rings. The minimum atomic E-state index is -0.259. The van der Waals surface area contributed by atoms with Crippen molar-refractivity contribution in [2.24, 2.45) is 5.73 Å². The topological polar surface area (TPSA) is 64.3 Å². The van der Waals surface area contributed by atoms with E-state index in [1.165, 1.54) is 0 Å². The van der Waals surface area contributed by atoms with Gasteiger partial charge in [0, 0.05) is 13.2 Å². The first-order chi connectivity index (χ1) is 7.64. The molecule has 0 saturated heterocycles. The molecule has 3 N–H and O–H groups in total. The molecule has 5 heteroatoms. The third kappa shape index (κ3) is 7.58. The van der Waals surface area contributed by atoms with Crippen LogP contribution in [0.2, 0.25) is 0 Å². The van der Waals surface area contributed by atoms with Crippen LogP contribution in [0.3, 0.4) is 0 Å². The van der Waals surface area contributed by atoms with E-state index >= 15 is 0 Å². The number of hydrogen-bond acceptors (Lipinski definition) is 3. The predicted octanol–water partition coefficient (Wildman–Crippen LogP) is 1.86. The summed E-state index contributed by atoms with van der Waals surface area (Å²) in [7, 11) is 0. The van der Waals surface area contributed by atoms with Gasteiger partial charge >= 0.3 is 0 Å². The van der Waals surface area contributed by atoms with Crippen molar-refractivity contribution in [3.63, 3.8) is 0 Å². The third-order valence-corrected chi connectivity index (χ3v) is 3.02. The molecule has 4 nitrogen and oxygen atoms in total. The van der Waals surface area contributed by atoms with Crippen molar-refractivity contribution < 1.29 is 9.53 Å². The van der Waals surface area contributed by atoms with Crippen LogP contribution in [0.25, 0.3) is 0 Å². The third-order valence-electron chi connectivity index (χ3n) is 3.02. The number of rotatable bonds is 9. The molecule has 0 saturated carbocycles. The molecule has 0 aliphatic heterocycles. The van der Waals surface area contributed by atoms with E-state index in [-0.39, 0.29) is 30.5 Å². The molecule has 0 aromatic carbocycles. The number of nitrogens with two attached hydrogens (primary N) is 1. The lowest BCUT2D eigenvalue weighted by atomic mass is 9.93. The Kier molecular flexibility index (Phi) is 12.1. The first kappa shape index (κ1) is 19.0. The van der Waals surface area contributed by atoms with Crippen LogP contribution in [-0.4, -0.2) is 31.2 Å². The zero-order chi connectivity index (χ0) is 12.4. The zero-order valence-electron chi connectivity index (χ0n) is 11.3. The maximum absolute atomic E-state index is 11.6. The van der Waals surface area contributed by atoms with E-state index in [2.05, 4.69) is 12.2 Å². The van der Waals surface area contributed by atoms with E-state index in [9.17, 15) is 4.79 Å². The molecule has 0 aromatic rings. The Morgan fingerprint density at radius 2 is 1.88 bits per heavy atom. The van der Waals surface area contributed by atoms with E-state index in [0.717, 1.165) is 25.7 Å². The highest BCUT2D eigenvalue weighted by Crippen LogP contribution is 2.12. The average Bonchev–Trinajstić information content (AvgIpc) is 2.32. The maximum Gasteiger partial charge on any atom is 0.246 e. The van der Waals surface area contributed by atoms with Crippen molar-refractivity contribution in [1.82, 2.24) is 5.32 Å². The van der Waals surface area contributed by atoms with Crippen LogP contribution in [0.15, 0.2) is 0 Å². The van der Waals surface area contributed by atoms with Gasteiger partial charge in [0.15, 0.2) is 0 Å². The molecule has 0 aliphatic carbocycles. The Hall–Kier alpha value is -0.320. The van der Waals surface area contributed by atoms with Crippen LogP contribution in [0.4, 0.5) is 0 Å². The fourth-order valence-electron chi connectivity index (χ4n) is 1.51. The quantitative estimate of drug-likeness (QED) is 0.626. The highest BCUT2D eigenvalue weighted by atomic mass is 35.5. The Morgan fingerprint density at radius 3 is 2.29 bits per heavy atom. The summed E-state index contributed by atoms with van der Waals surface area (Å²) in [5, 5.41) is 2.97. The monoisotopic (exact) mass is 266 g/mol. The molecule has 0 radical (unpaired) electrons. The van der Waals surface area contributed by atoms with Gasteiger partial charge in [-0.15, -0.1) is 12.4 Å². The molecular formula is C12H27ClN2O2. The van der Waals surface area contributed by atoms with Crippen molar-refractivity contribution in [2.75, 3.05) is 19.8 Å². The van der Waals surface area contributed by atoms with Crippen LogP contribution in [0.5, 0.6) is 0 Å².